The monoisotopic (exact) mass is 443 g/mol. The van der Waals surface area contributed by atoms with Gasteiger partial charge in [-0.2, -0.15) is 5.10 Å². The van der Waals surface area contributed by atoms with Crippen LogP contribution in [0, 0.1) is 6.92 Å². The van der Waals surface area contributed by atoms with Crippen molar-refractivity contribution < 1.29 is 4.79 Å². The number of carbonyl (C=O) groups excluding carboxylic acids is 1. The van der Waals surface area contributed by atoms with Gasteiger partial charge in [-0.1, -0.05) is 12.1 Å². The number of imidazole rings is 1. The van der Waals surface area contributed by atoms with Crippen LogP contribution in [0.1, 0.15) is 21.6 Å². The van der Waals surface area contributed by atoms with Crippen molar-refractivity contribution in [2.75, 3.05) is 38.5 Å². The number of likely N-dealkylation sites (N-methyl/N-ethyl adjacent to an activating group) is 1. The van der Waals surface area contributed by atoms with Crippen LogP contribution in [0.4, 0.5) is 5.69 Å². The molecular formula is C25H29N7O. The van der Waals surface area contributed by atoms with Gasteiger partial charge in [0.25, 0.3) is 5.91 Å². The SMILES string of the molecule is Cc1cc(-c2nc3ccc(C(=O)Nc4ccc(CN5CCN(C)CC5)cc4)cc3[nH]2)n(C)n1. The molecule has 1 amide bonds. The normalized spacial score (nSPS) is 15.2. The number of hydrogen-bond donors (Lipinski definition) is 2. The van der Waals surface area contributed by atoms with Gasteiger partial charge in [-0.05, 0) is 55.9 Å². The molecule has 0 bridgehead atoms. The van der Waals surface area contributed by atoms with Crippen molar-refractivity contribution >= 4 is 22.6 Å². The first-order valence-corrected chi connectivity index (χ1v) is 11.3. The third-order valence-corrected chi connectivity index (χ3v) is 6.20. The van der Waals surface area contributed by atoms with Gasteiger partial charge in [-0.25, -0.2) is 4.98 Å². The first kappa shape index (κ1) is 21.4. The first-order valence-electron chi connectivity index (χ1n) is 11.3. The van der Waals surface area contributed by atoms with Crippen LogP contribution in [-0.2, 0) is 13.6 Å². The maximum absolute atomic E-state index is 12.9. The summed E-state index contributed by atoms with van der Waals surface area (Å²) in [6.45, 7) is 7.29. The maximum Gasteiger partial charge on any atom is 0.255 e. The molecule has 2 N–H and O–H groups in total. The fourth-order valence-electron chi connectivity index (χ4n) is 4.27. The summed E-state index contributed by atoms with van der Waals surface area (Å²) < 4.78 is 1.80. The summed E-state index contributed by atoms with van der Waals surface area (Å²) in [5, 5.41) is 7.38. The molecule has 5 rings (SSSR count). The number of H-pyrrole nitrogens is 1. The second kappa shape index (κ2) is 8.80. The second-order valence-electron chi connectivity index (χ2n) is 8.84. The lowest BCUT2D eigenvalue weighted by Gasteiger charge is -2.32. The molecule has 0 radical (unpaired) electrons. The van der Waals surface area contributed by atoms with E-state index in [-0.39, 0.29) is 5.91 Å². The van der Waals surface area contributed by atoms with E-state index < -0.39 is 0 Å². The van der Waals surface area contributed by atoms with Crippen LogP contribution in [0.25, 0.3) is 22.6 Å². The Morgan fingerprint density at radius 3 is 2.48 bits per heavy atom. The summed E-state index contributed by atoms with van der Waals surface area (Å²) in [4.78, 5) is 25.6. The average Bonchev–Trinajstić information content (AvgIpc) is 3.38. The number of hydrogen-bond acceptors (Lipinski definition) is 5. The summed E-state index contributed by atoms with van der Waals surface area (Å²) in [6.07, 6.45) is 0. The Morgan fingerprint density at radius 2 is 1.79 bits per heavy atom. The number of nitrogens with zero attached hydrogens (tertiary/aromatic N) is 5. The molecule has 2 aromatic heterocycles. The Labute approximate surface area is 193 Å². The third-order valence-electron chi connectivity index (χ3n) is 6.20. The zero-order valence-corrected chi connectivity index (χ0v) is 19.3. The van der Waals surface area contributed by atoms with E-state index in [0.29, 0.717) is 5.56 Å². The molecule has 33 heavy (non-hydrogen) atoms. The van der Waals surface area contributed by atoms with Gasteiger partial charge >= 0.3 is 0 Å². The minimum atomic E-state index is -0.142. The Kier molecular flexibility index (Phi) is 5.70. The average molecular weight is 444 g/mol. The molecule has 0 atom stereocenters. The lowest BCUT2D eigenvalue weighted by Crippen LogP contribution is -2.43. The molecule has 8 heteroatoms. The van der Waals surface area contributed by atoms with Gasteiger partial charge in [0.05, 0.1) is 16.7 Å². The molecule has 2 aromatic carbocycles. The summed E-state index contributed by atoms with van der Waals surface area (Å²) in [5.74, 6) is 0.595. The number of piperazine rings is 1. The van der Waals surface area contributed by atoms with Crippen molar-refractivity contribution in [2.24, 2.45) is 7.05 Å². The Balaban J connectivity index is 1.26. The number of aromatic amines is 1. The number of benzene rings is 2. The van der Waals surface area contributed by atoms with Crippen LogP contribution in [0.3, 0.4) is 0 Å². The Morgan fingerprint density at radius 1 is 1.03 bits per heavy atom. The summed E-state index contributed by atoms with van der Waals surface area (Å²) in [5.41, 5.74) is 6.11. The van der Waals surface area contributed by atoms with Crippen molar-refractivity contribution in [1.29, 1.82) is 0 Å². The molecule has 1 aliphatic heterocycles. The van der Waals surface area contributed by atoms with Gasteiger partial charge in [-0.15, -0.1) is 0 Å². The van der Waals surface area contributed by atoms with E-state index in [0.717, 1.165) is 66.7 Å². The number of rotatable bonds is 5. The Bertz CT molecular complexity index is 1280. The minimum Gasteiger partial charge on any atom is -0.337 e. The highest BCUT2D eigenvalue weighted by atomic mass is 16.1. The minimum absolute atomic E-state index is 0.142. The molecule has 1 aliphatic rings. The van der Waals surface area contributed by atoms with Crippen molar-refractivity contribution in [2.45, 2.75) is 13.5 Å². The fraction of sp³-hybridized carbons (Fsp3) is 0.320. The molecule has 0 spiro atoms. The van der Waals surface area contributed by atoms with Gasteiger partial charge in [0.15, 0.2) is 5.82 Å². The smallest absolute Gasteiger partial charge is 0.255 e. The number of aromatic nitrogens is 4. The van der Waals surface area contributed by atoms with E-state index in [1.54, 1.807) is 10.7 Å². The van der Waals surface area contributed by atoms with Gasteiger partial charge in [0.2, 0.25) is 0 Å². The highest BCUT2D eigenvalue weighted by molar-refractivity contribution is 6.06. The topological polar surface area (TPSA) is 82.1 Å². The van der Waals surface area contributed by atoms with Gasteiger partial charge < -0.3 is 15.2 Å². The molecule has 170 valence electrons. The van der Waals surface area contributed by atoms with E-state index in [9.17, 15) is 4.79 Å². The lowest BCUT2D eigenvalue weighted by molar-refractivity contribution is 0.102. The Hall–Kier alpha value is -3.49. The van der Waals surface area contributed by atoms with Gasteiger partial charge in [-0.3, -0.25) is 14.4 Å². The third kappa shape index (κ3) is 4.67. The van der Waals surface area contributed by atoms with Crippen LogP contribution < -0.4 is 5.32 Å². The molecular weight excluding hydrogens is 414 g/mol. The molecule has 1 fully saturated rings. The van der Waals surface area contributed by atoms with E-state index in [2.05, 4.69) is 49.4 Å². The van der Waals surface area contributed by atoms with Crippen molar-refractivity contribution in [3.05, 3.63) is 65.4 Å². The van der Waals surface area contributed by atoms with E-state index >= 15 is 0 Å². The molecule has 8 nitrogen and oxygen atoms in total. The maximum atomic E-state index is 12.9. The summed E-state index contributed by atoms with van der Waals surface area (Å²) >= 11 is 0. The predicted molar refractivity (Wildman–Crippen MR) is 130 cm³/mol. The van der Waals surface area contributed by atoms with Crippen LogP contribution in [0.15, 0.2) is 48.5 Å². The highest BCUT2D eigenvalue weighted by Crippen LogP contribution is 2.22. The number of aryl methyl sites for hydroxylation is 2. The summed E-state index contributed by atoms with van der Waals surface area (Å²) in [7, 11) is 4.06. The van der Waals surface area contributed by atoms with E-state index in [1.165, 1.54) is 5.56 Å². The van der Waals surface area contributed by atoms with E-state index in [4.69, 9.17) is 0 Å². The summed E-state index contributed by atoms with van der Waals surface area (Å²) in [6, 6.07) is 15.6. The number of carbonyl (C=O) groups is 1. The molecule has 0 unspecified atom stereocenters. The second-order valence-corrected chi connectivity index (χ2v) is 8.84. The number of nitrogens with one attached hydrogen (secondary N) is 2. The van der Waals surface area contributed by atoms with Crippen LogP contribution in [-0.4, -0.2) is 68.7 Å². The molecule has 3 heterocycles. The molecule has 0 saturated carbocycles. The van der Waals surface area contributed by atoms with Gasteiger partial charge in [0.1, 0.15) is 5.69 Å². The van der Waals surface area contributed by atoms with E-state index in [1.807, 2.05) is 44.3 Å². The standard InChI is InChI=1S/C25H29N7O/c1-17-14-23(31(3)29-17)24-27-21-9-6-19(15-22(21)28-24)25(33)26-20-7-4-18(5-8-20)16-32-12-10-30(2)11-13-32/h4-9,14-15H,10-13,16H2,1-3H3,(H,26,33)(H,27,28). The van der Waals surface area contributed by atoms with Crippen molar-refractivity contribution in [3.63, 3.8) is 0 Å². The number of amides is 1. The zero-order chi connectivity index (χ0) is 22.9. The largest absolute Gasteiger partial charge is 0.337 e. The fourth-order valence-corrected chi connectivity index (χ4v) is 4.27. The quantitative estimate of drug-likeness (QED) is 0.495. The number of anilines is 1. The van der Waals surface area contributed by atoms with Crippen molar-refractivity contribution in [1.82, 2.24) is 29.5 Å². The first-order chi connectivity index (χ1) is 15.9. The predicted octanol–water partition coefficient (Wildman–Crippen LogP) is 3.27. The zero-order valence-electron chi connectivity index (χ0n) is 19.3. The van der Waals surface area contributed by atoms with Crippen LogP contribution in [0.5, 0.6) is 0 Å². The number of fused-ring (bicyclic) bond motifs is 1. The molecule has 0 aliphatic carbocycles. The van der Waals surface area contributed by atoms with Crippen LogP contribution in [0.2, 0.25) is 0 Å². The highest BCUT2D eigenvalue weighted by Gasteiger charge is 2.15. The van der Waals surface area contributed by atoms with Gasteiger partial charge in [0, 0.05) is 51.0 Å². The lowest BCUT2D eigenvalue weighted by atomic mass is 10.1. The molecule has 1 saturated heterocycles. The molecule has 4 aromatic rings. The van der Waals surface area contributed by atoms with Crippen LogP contribution >= 0.6 is 0 Å². The van der Waals surface area contributed by atoms with Crippen molar-refractivity contribution in [3.8, 4) is 11.5 Å².